The van der Waals surface area contributed by atoms with Crippen LogP contribution in [0.1, 0.15) is 71.1 Å². The van der Waals surface area contributed by atoms with Gasteiger partial charge in [0.1, 0.15) is 0 Å². The van der Waals surface area contributed by atoms with Gasteiger partial charge in [0.25, 0.3) is 0 Å². The number of allylic oxidation sites excluding steroid dienone is 2. The molecule has 1 aliphatic carbocycles. The Morgan fingerprint density at radius 1 is 0.955 bits per heavy atom. The van der Waals surface area contributed by atoms with Crippen LogP contribution in [0.4, 0.5) is 0 Å². The van der Waals surface area contributed by atoms with E-state index in [1.165, 1.54) is 38.5 Å². The Morgan fingerprint density at radius 2 is 1.50 bits per heavy atom. The van der Waals surface area contributed by atoms with Crippen LogP contribution in [0, 0.1) is 11.8 Å². The Hall–Kier alpha value is -1.32. The van der Waals surface area contributed by atoms with Crippen LogP contribution in [-0.2, 0) is 14.3 Å². The van der Waals surface area contributed by atoms with Crippen molar-refractivity contribution in [3.05, 3.63) is 12.2 Å². The van der Waals surface area contributed by atoms with E-state index in [-0.39, 0.29) is 5.97 Å². The van der Waals surface area contributed by atoms with Gasteiger partial charge >= 0.3 is 11.9 Å². The highest BCUT2D eigenvalue weighted by Gasteiger charge is 2.34. The van der Waals surface area contributed by atoms with Crippen molar-refractivity contribution in [1.29, 1.82) is 0 Å². The fourth-order valence-corrected chi connectivity index (χ4v) is 2.86. The van der Waals surface area contributed by atoms with Crippen molar-refractivity contribution in [1.82, 2.24) is 0 Å². The van der Waals surface area contributed by atoms with Gasteiger partial charge in [-0.05, 0) is 19.3 Å². The van der Waals surface area contributed by atoms with Crippen LogP contribution in [-0.4, -0.2) is 23.7 Å². The second-order valence-corrected chi connectivity index (χ2v) is 6.14. The highest BCUT2D eigenvalue weighted by Crippen LogP contribution is 2.27. The first kappa shape index (κ1) is 18.7. The highest BCUT2D eigenvalue weighted by molar-refractivity contribution is 5.81. The van der Waals surface area contributed by atoms with Crippen LogP contribution in [0.25, 0.3) is 0 Å². The van der Waals surface area contributed by atoms with E-state index < -0.39 is 17.8 Å². The first-order chi connectivity index (χ1) is 10.7. The maximum absolute atomic E-state index is 12.0. The Morgan fingerprint density at radius 3 is 2.09 bits per heavy atom. The third-order valence-corrected chi connectivity index (χ3v) is 4.29. The number of aliphatic carboxylic acids is 1. The predicted octanol–water partition coefficient (Wildman–Crippen LogP) is 4.34. The summed E-state index contributed by atoms with van der Waals surface area (Å²) in [5.41, 5.74) is 0. The first-order valence-corrected chi connectivity index (χ1v) is 8.71. The van der Waals surface area contributed by atoms with Crippen molar-refractivity contribution in [3.63, 3.8) is 0 Å². The maximum atomic E-state index is 12.0. The normalized spacial score (nSPS) is 20.8. The molecule has 2 atom stereocenters. The summed E-state index contributed by atoms with van der Waals surface area (Å²) in [5, 5.41) is 9.15. The van der Waals surface area contributed by atoms with E-state index in [1.807, 2.05) is 12.2 Å². The number of carbonyl (C=O) groups is 2. The number of rotatable bonds is 11. The average molecular weight is 310 g/mol. The minimum absolute atomic E-state index is 0.348. The third-order valence-electron chi connectivity index (χ3n) is 4.29. The lowest BCUT2D eigenvalue weighted by atomic mass is 9.83. The molecular formula is C18H30O4. The Kier molecular flexibility index (Phi) is 9.60. The number of esters is 1. The lowest BCUT2D eigenvalue weighted by Crippen LogP contribution is -2.32. The van der Waals surface area contributed by atoms with E-state index in [1.54, 1.807) is 0 Å². The molecule has 2 unspecified atom stereocenters. The monoisotopic (exact) mass is 310 g/mol. The molecular weight excluding hydrogens is 280 g/mol. The molecule has 0 amide bonds. The molecule has 0 spiro atoms. The number of hydrogen-bond donors (Lipinski definition) is 1. The molecule has 0 fully saturated rings. The molecule has 4 heteroatoms. The zero-order valence-corrected chi connectivity index (χ0v) is 13.8. The summed E-state index contributed by atoms with van der Waals surface area (Å²) in [4.78, 5) is 23.2. The lowest BCUT2D eigenvalue weighted by molar-refractivity contribution is -0.158. The molecule has 1 aliphatic rings. The molecule has 1 N–H and O–H groups in total. The summed E-state index contributed by atoms with van der Waals surface area (Å²) in [6.07, 6.45) is 14.2. The molecule has 0 heterocycles. The van der Waals surface area contributed by atoms with E-state index in [0.717, 1.165) is 12.8 Å². The van der Waals surface area contributed by atoms with Gasteiger partial charge in [-0.15, -0.1) is 0 Å². The standard InChI is InChI=1S/C18H30O4/c1-2-3-4-5-6-7-8-11-14-22-18(21)16-13-10-9-12-15(16)17(19)20/h9-10,15-16H,2-8,11-14H2,1H3,(H,19,20). The van der Waals surface area contributed by atoms with Gasteiger partial charge in [0.2, 0.25) is 0 Å². The minimum atomic E-state index is -0.904. The smallest absolute Gasteiger partial charge is 0.310 e. The molecule has 0 aromatic rings. The van der Waals surface area contributed by atoms with Gasteiger partial charge in [-0.3, -0.25) is 9.59 Å². The van der Waals surface area contributed by atoms with Gasteiger partial charge in [0.15, 0.2) is 0 Å². The third kappa shape index (κ3) is 7.10. The van der Waals surface area contributed by atoms with Gasteiger partial charge in [-0.2, -0.15) is 0 Å². The maximum Gasteiger partial charge on any atom is 0.310 e. The number of carbonyl (C=O) groups excluding carboxylic acids is 1. The molecule has 0 saturated heterocycles. The summed E-state index contributed by atoms with van der Waals surface area (Å²) in [7, 11) is 0. The Balaban J connectivity index is 2.10. The SMILES string of the molecule is CCCCCCCCCCOC(=O)C1CC=CCC1C(=O)O. The van der Waals surface area contributed by atoms with Crippen LogP contribution < -0.4 is 0 Å². The Labute approximate surface area is 133 Å². The fourth-order valence-electron chi connectivity index (χ4n) is 2.86. The molecule has 0 aliphatic heterocycles. The second kappa shape index (κ2) is 11.3. The van der Waals surface area contributed by atoms with Gasteiger partial charge < -0.3 is 9.84 Å². The zero-order chi connectivity index (χ0) is 16.2. The van der Waals surface area contributed by atoms with E-state index >= 15 is 0 Å². The van der Waals surface area contributed by atoms with Crippen molar-refractivity contribution in [2.45, 2.75) is 71.1 Å². The Bertz CT molecular complexity index is 362. The average Bonchev–Trinajstić information content (AvgIpc) is 2.53. The van der Waals surface area contributed by atoms with Crippen molar-refractivity contribution >= 4 is 11.9 Å². The number of carboxylic acid groups (broad SMARTS) is 1. The van der Waals surface area contributed by atoms with Gasteiger partial charge in [0, 0.05) is 0 Å². The molecule has 22 heavy (non-hydrogen) atoms. The molecule has 0 aromatic heterocycles. The highest BCUT2D eigenvalue weighted by atomic mass is 16.5. The molecule has 126 valence electrons. The number of carboxylic acids is 1. The van der Waals surface area contributed by atoms with Crippen molar-refractivity contribution in [2.75, 3.05) is 6.61 Å². The number of unbranched alkanes of at least 4 members (excludes halogenated alkanes) is 7. The van der Waals surface area contributed by atoms with E-state index in [0.29, 0.717) is 19.4 Å². The largest absolute Gasteiger partial charge is 0.481 e. The van der Waals surface area contributed by atoms with Crippen LogP contribution in [0.2, 0.25) is 0 Å². The fraction of sp³-hybridized carbons (Fsp3) is 0.778. The molecule has 0 aromatic carbocycles. The summed E-state index contributed by atoms with van der Waals surface area (Å²) >= 11 is 0. The van der Waals surface area contributed by atoms with Gasteiger partial charge in [-0.1, -0.05) is 64.0 Å². The predicted molar refractivity (Wildman–Crippen MR) is 86.6 cm³/mol. The van der Waals surface area contributed by atoms with Crippen molar-refractivity contribution in [2.24, 2.45) is 11.8 Å². The summed E-state index contributed by atoms with van der Waals surface area (Å²) < 4.78 is 5.27. The minimum Gasteiger partial charge on any atom is -0.481 e. The molecule has 1 rings (SSSR count). The van der Waals surface area contributed by atoms with E-state index in [4.69, 9.17) is 9.84 Å². The summed E-state index contributed by atoms with van der Waals surface area (Å²) in [6.45, 7) is 2.63. The topological polar surface area (TPSA) is 63.6 Å². The van der Waals surface area contributed by atoms with E-state index in [2.05, 4.69) is 6.92 Å². The molecule has 4 nitrogen and oxygen atoms in total. The van der Waals surface area contributed by atoms with Crippen molar-refractivity contribution < 1.29 is 19.4 Å². The van der Waals surface area contributed by atoms with Gasteiger partial charge in [0.05, 0.1) is 18.4 Å². The molecule has 0 bridgehead atoms. The molecule has 0 saturated carbocycles. The first-order valence-electron chi connectivity index (χ1n) is 8.71. The van der Waals surface area contributed by atoms with Crippen LogP contribution in [0.3, 0.4) is 0 Å². The number of hydrogen-bond acceptors (Lipinski definition) is 3. The number of ether oxygens (including phenoxy) is 1. The quantitative estimate of drug-likeness (QED) is 0.350. The zero-order valence-electron chi connectivity index (χ0n) is 13.8. The lowest BCUT2D eigenvalue weighted by Gasteiger charge is -2.23. The van der Waals surface area contributed by atoms with Crippen LogP contribution in [0.15, 0.2) is 12.2 Å². The summed E-state index contributed by atoms with van der Waals surface area (Å²) in [5.74, 6) is -2.40. The summed E-state index contributed by atoms with van der Waals surface area (Å²) in [6, 6.07) is 0. The second-order valence-electron chi connectivity index (χ2n) is 6.14. The molecule has 0 radical (unpaired) electrons. The van der Waals surface area contributed by atoms with Crippen molar-refractivity contribution in [3.8, 4) is 0 Å². The van der Waals surface area contributed by atoms with Crippen LogP contribution >= 0.6 is 0 Å². The van der Waals surface area contributed by atoms with Gasteiger partial charge in [-0.25, -0.2) is 0 Å². The van der Waals surface area contributed by atoms with E-state index in [9.17, 15) is 9.59 Å². The van der Waals surface area contributed by atoms with Crippen LogP contribution in [0.5, 0.6) is 0 Å².